The molecule has 0 spiro atoms. The summed E-state index contributed by atoms with van der Waals surface area (Å²) in [6.45, 7) is 6.11. The van der Waals surface area contributed by atoms with Gasteiger partial charge in [0.25, 0.3) is 5.91 Å². The van der Waals surface area contributed by atoms with Crippen LogP contribution in [-0.4, -0.2) is 44.5 Å². The second-order valence-electron chi connectivity index (χ2n) is 7.35. The van der Waals surface area contributed by atoms with Crippen molar-refractivity contribution in [1.82, 2.24) is 10.9 Å². The molecule has 7 heteroatoms. The lowest BCUT2D eigenvalue weighted by molar-refractivity contribution is -1.02. The number of quaternary nitrogens is 2. The molecule has 29 heavy (non-hydrogen) atoms. The number of nitrogens with zero attached hydrogens (tertiary/aromatic N) is 1. The normalized spacial score (nSPS) is 18.4. The van der Waals surface area contributed by atoms with Gasteiger partial charge in [0.2, 0.25) is 5.91 Å². The zero-order valence-electron chi connectivity index (χ0n) is 16.4. The van der Waals surface area contributed by atoms with Gasteiger partial charge in [0.05, 0.1) is 24.6 Å². The fourth-order valence-corrected chi connectivity index (χ4v) is 3.52. The third-order valence-electron chi connectivity index (χ3n) is 5.26. The molecular weight excluding hydrogens is 366 g/mol. The maximum atomic E-state index is 12.0. The Morgan fingerprint density at radius 2 is 1.55 bits per heavy atom. The van der Waals surface area contributed by atoms with Gasteiger partial charge in [-0.3, -0.25) is 20.4 Å². The molecule has 0 aromatic heterocycles. The fourth-order valence-electron chi connectivity index (χ4n) is 3.52. The van der Waals surface area contributed by atoms with Crippen molar-refractivity contribution in [2.45, 2.75) is 13.0 Å². The number of benzene rings is 2. The molecule has 0 saturated carbocycles. The van der Waals surface area contributed by atoms with E-state index in [2.05, 4.69) is 35.1 Å². The molecule has 3 rings (SSSR count). The number of carbonyl (C=O) groups is 2. The minimum atomic E-state index is -0.395. The quantitative estimate of drug-likeness (QED) is 0.460. The van der Waals surface area contributed by atoms with E-state index in [9.17, 15) is 9.59 Å². The average molecular weight is 393 g/mol. The van der Waals surface area contributed by atoms with Crippen LogP contribution >= 0.6 is 0 Å². The first kappa shape index (κ1) is 20.5. The highest BCUT2D eigenvalue weighted by atomic mass is 16.2. The van der Waals surface area contributed by atoms with E-state index < -0.39 is 5.91 Å². The number of hydrogen-bond acceptors (Lipinski definition) is 3. The van der Waals surface area contributed by atoms with Gasteiger partial charge < -0.3 is 9.80 Å². The van der Waals surface area contributed by atoms with E-state index in [1.165, 1.54) is 10.5 Å². The molecule has 1 fully saturated rings. The number of hydrogen-bond donors (Lipinski definition) is 4. The van der Waals surface area contributed by atoms with Crippen molar-refractivity contribution >= 4 is 11.8 Å². The molecule has 1 aliphatic heterocycles. The zero-order chi connectivity index (χ0) is 20.5. The molecule has 4 N–H and O–H groups in total. The van der Waals surface area contributed by atoms with Crippen molar-refractivity contribution < 1.29 is 19.4 Å². The van der Waals surface area contributed by atoms with Gasteiger partial charge in [0, 0.05) is 11.1 Å². The number of hydrazine groups is 1. The maximum Gasteiger partial charge on any atom is 0.269 e. The Morgan fingerprint density at radius 1 is 0.897 bits per heavy atom. The minimum Gasteiger partial charge on any atom is -0.325 e. The molecule has 2 amide bonds. The molecule has 2 aromatic carbocycles. The topological polar surface area (TPSA) is 90.9 Å². The Labute approximate surface area is 170 Å². The van der Waals surface area contributed by atoms with Gasteiger partial charge >= 0.3 is 0 Å². The summed E-state index contributed by atoms with van der Waals surface area (Å²) in [7, 11) is 0. The van der Waals surface area contributed by atoms with E-state index in [1.807, 2.05) is 12.1 Å². The summed E-state index contributed by atoms with van der Waals surface area (Å²) in [6.07, 6.45) is 0.372. The second-order valence-corrected chi connectivity index (χ2v) is 7.35. The van der Waals surface area contributed by atoms with E-state index in [0.29, 0.717) is 17.5 Å². The summed E-state index contributed by atoms with van der Waals surface area (Å²) < 4.78 is 0. The van der Waals surface area contributed by atoms with Gasteiger partial charge in [-0.1, -0.05) is 30.3 Å². The SMILES string of the molecule is N#Cc1ccc(C(=O)NNC(=O)CC[NH+]2CC[NH+](Cc3ccccc3)CC2)cc1. The number of amides is 2. The number of piperazine rings is 1. The van der Waals surface area contributed by atoms with Crippen molar-refractivity contribution in [3.05, 3.63) is 71.3 Å². The number of carbonyl (C=O) groups excluding carboxylic acids is 2. The molecule has 0 radical (unpaired) electrons. The van der Waals surface area contributed by atoms with Gasteiger partial charge in [-0.2, -0.15) is 5.26 Å². The summed E-state index contributed by atoms with van der Waals surface area (Å²) in [5.74, 6) is -0.591. The first-order valence-corrected chi connectivity index (χ1v) is 9.94. The Hall–Kier alpha value is -3.21. The summed E-state index contributed by atoms with van der Waals surface area (Å²) in [5.41, 5.74) is 7.14. The zero-order valence-corrected chi connectivity index (χ0v) is 16.4. The van der Waals surface area contributed by atoms with Crippen molar-refractivity contribution in [3.63, 3.8) is 0 Å². The van der Waals surface area contributed by atoms with E-state index in [-0.39, 0.29) is 5.91 Å². The standard InChI is InChI=1S/C22H25N5O2/c23-16-18-6-8-20(9-7-18)22(29)25-24-21(28)10-11-26-12-14-27(15-13-26)17-19-4-2-1-3-5-19/h1-9H,10-15,17H2,(H,24,28)(H,25,29)/p+2. The smallest absolute Gasteiger partial charge is 0.269 e. The Bertz CT molecular complexity index is 853. The van der Waals surface area contributed by atoms with Gasteiger partial charge in [0.1, 0.15) is 32.7 Å². The summed E-state index contributed by atoms with van der Waals surface area (Å²) in [5, 5.41) is 8.78. The molecule has 0 aliphatic carbocycles. The molecule has 1 aliphatic rings. The maximum absolute atomic E-state index is 12.0. The molecule has 1 heterocycles. The van der Waals surface area contributed by atoms with Crippen LogP contribution in [0.3, 0.4) is 0 Å². The average Bonchev–Trinajstić information content (AvgIpc) is 2.77. The van der Waals surface area contributed by atoms with Gasteiger partial charge in [0.15, 0.2) is 0 Å². The summed E-state index contributed by atoms with van der Waals surface area (Å²) in [6, 6.07) is 18.8. The lowest BCUT2D eigenvalue weighted by Crippen LogP contribution is -3.27. The molecule has 0 bridgehead atoms. The highest BCUT2D eigenvalue weighted by molar-refractivity contribution is 5.95. The lowest BCUT2D eigenvalue weighted by atomic mass is 10.1. The molecule has 7 nitrogen and oxygen atoms in total. The Balaban J connectivity index is 1.32. The lowest BCUT2D eigenvalue weighted by Gasteiger charge is -2.29. The summed E-state index contributed by atoms with van der Waals surface area (Å²) in [4.78, 5) is 27.1. The van der Waals surface area contributed by atoms with Crippen LogP contribution in [-0.2, 0) is 11.3 Å². The molecular formula is C22H27N5O2+2. The van der Waals surface area contributed by atoms with Crippen LogP contribution in [0.1, 0.15) is 27.9 Å². The summed E-state index contributed by atoms with van der Waals surface area (Å²) >= 11 is 0. The van der Waals surface area contributed by atoms with Gasteiger partial charge in [-0.15, -0.1) is 0 Å². The number of rotatable bonds is 6. The first-order valence-electron chi connectivity index (χ1n) is 9.94. The Morgan fingerprint density at radius 3 is 2.21 bits per heavy atom. The second kappa shape index (κ2) is 10.4. The Kier molecular flexibility index (Phi) is 7.34. The molecule has 2 aromatic rings. The molecule has 150 valence electrons. The first-order chi connectivity index (χ1) is 14.1. The highest BCUT2D eigenvalue weighted by Gasteiger charge is 2.23. The van der Waals surface area contributed by atoms with Crippen LogP contribution in [0.5, 0.6) is 0 Å². The van der Waals surface area contributed by atoms with Crippen LogP contribution in [0.2, 0.25) is 0 Å². The highest BCUT2D eigenvalue weighted by Crippen LogP contribution is 2.02. The monoisotopic (exact) mass is 393 g/mol. The molecule has 1 saturated heterocycles. The van der Waals surface area contributed by atoms with Crippen molar-refractivity contribution in [2.24, 2.45) is 0 Å². The van der Waals surface area contributed by atoms with Gasteiger partial charge in [-0.05, 0) is 24.3 Å². The van der Waals surface area contributed by atoms with Crippen molar-refractivity contribution in [1.29, 1.82) is 5.26 Å². The van der Waals surface area contributed by atoms with E-state index in [0.717, 1.165) is 39.3 Å². The fraction of sp³-hybridized carbons (Fsp3) is 0.318. The van der Waals surface area contributed by atoms with Crippen LogP contribution in [0.15, 0.2) is 54.6 Å². The predicted molar refractivity (Wildman–Crippen MR) is 108 cm³/mol. The van der Waals surface area contributed by atoms with Crippen LogP contribution in [0.4, 0.5) is 0 Å². The third-order valence-corrected chi connectivity index (χ3v) is 5.26. The van der Waals surface area contributed by atoms with E-state index in [4.69, 9.17) is 5.26 Å². The van der Waals surface area contributed by atoms with Crippen LogP contribution in [0, 0.1) is 11.3 Å². The van der Waals surface area contributed by atoms with Crippen molar-refractivity contribution in [2.75, 3.05) is 32.7 Å². The van der Waals surface area contributed by atoms with Crippen LogP contribution in [0.25, 0.3) is 0 Å². The number of nitriles is 1. The van der Waals surface area contributed by atoms with Crippen molar-refractivity contribution in [3.8, 4) is 6.07 Å². The van der Waals surface area contributed by atoms with E-state index in [1.54, 1.807) is 29.2 Å². The van der Waals surface area contributed by atoms with E-state index >= 15 is 0 Å². The number of nitrogens with one attached hydrogen (secondary N) is 4. The minimum absolute atomic E-state index is 0.196. The molecule has 0 atom stereocenters. The van der Waals surface area contributed by atoms with Crippen LogP contribution < -0.4 is 20.7 Å². The largest absolute Gasteiger partial charge is 0.325 e. The third kappa shape index (κ3) is 6.42. The van der Waals surface area contributed by atoms with Gasteiger partial charge in [-0.25, -0.2) is 0 Å². The molecule has 0 unspecified atom stereocenters. The predicted octanol–water partition coefficient (Wildman–Crippen LogP) is -1.31.